The van der Waals surface area contributed by atoms with Crippen molar-refractivity contribution in [2.24, 2.45) is 17.8 Å². The lowest BCUT2D eigenvalue weighted by atomic mass is 9.75. The van der Waals surface area contributed by atoms with Gasteiger partial charge in [0.1, 0.15) is 0 Å². The minimum Gasteiger partial charge on any atom is -0.0654 e. The Balaban J connectivity index is 2.72. The molecule has 2 atom stereocenters. The van der Waals surface area contributed by atoms with Gasteiger partial charge >= 0.3 is 0 Å². The van der Waals surface area contributed by atoms with Crippen LogP contribution in [0.3, 0.4) is 0 Å². The maximum Gasteiger partial charge on any atom is -0.0248 e. The van der Waals surface area contributed by atoms with Crippen LogP contribution in [-0.4, -0.2) is 0 Å². The Morgan fingerprint density at radius 1 is 0.895 bits per heavy atom. The monoisotopic (exact) mass is 260 g/mol. The third-order valence-corrected chi connectivity index (χ3v) is 4.35. The Kier molecular flexibility index (Phi) is 7.86. The first kappa shape index (κ1) is 16.3. The first-order chi connectivity index (χ1) is 9.19. The van der Waals surface area contributed by atoms with Gasteiger partial charge in [-0.1, -0.05) is 83.7 Å². The first-order valence-electron chi connectivity index (χ1n) is 8.22. The van der Waals surface area contributed by atoms with E-state index in [0.717, 1.165) is 17.8 Å². The Bertz CT molecular complexity index is 312. The lowest BCUT2D eigenvalue weighted by Crippen LogP contribution is -2.22. The zero-order valence-electron chi connectivity index (χ0n) is 13.4. The van der Waals surface area contributed by atoms with Gasteiger partial charge in [-0.3, -0.25) is 0 Å². The summed E-state index contributed by atoms with van der Waals surface area (Å²) in [5.41, 5.74) is 1.52. The van der Waals surface area contributed by atoms with E-state index in [-0.39, 0.29) is 0 Å². The quantitative estimate of drug-likeness (QED) is 0.502. The summed E-state index contributed by atoms with van der Waals surface area (Å²) in [6.07, 6.45) is 8.08. The van der Waals surface area contributed by atoms with Crippen molar-refractivity contribution in [2.75, 3.05) is 0 Å². The molecule has 0 saturated heterocycles. The number of unbranched alkanes of at least 4 members (excludes halogenated alkanes) is 1. The van der Waals surface area contributed by atoms with Crippen LogP contribution in [0.25, 0.3) is 0 Å². The number of benzene rings is 1. The molecule has 0 heterocycles. The number of hydrogen-bond acceptors (Lipinski definition) is 0. The van der Waals surface area contributed by atoms with Gasteiger partial charge in [-0.05, 0) is 36.2 Å². The van der Waals surface area contributed by atoms with Crippen LogP contribution in [0.1, 0.15) is 65.4 Å². The van der Waals surface area contributed by atoms with Crippen LogP contribution >= 0.6 is 0 Å². The summed E-state index contributed by atoms with van der Waals surface area (Å²) in [6.45, 7) is 9.46. The maximum absolute atomic E-state index is 2.41. The van der Waals surface area contributed by atoms with Gasteiger partial charge in [0, 0.05) is 0 Å². The van der Waals surface area contributed by atoms with E-state index in [4.69, 9.17) is 0 Å². The van der Waals surface area contributed by atoms with Crippen molar-refractivity contribution in [1.82, 2.24) is 0 Å². The van der Waals surface area contributed by atoms with E-state index in [1.165, 1.54) is 44.1 Å². The predicted molar refractivity (Wildman–Crippen MR) is 86.4 cm³/mol. The summed E-state index contributed by atoms with van der Waals surface area (Å²) in [5.74, 6) is 2.56. The highest BCUT2D eigenvalue weighted by molar-refractivity contribution is 5.15. The molecule has 0 amide bonds. The molecule has 0 radical (unpaired) electrons. The molecule has 1 aromatic rings. The van der Waals surface area contributed by atoms with Crippen molar-refractivity contribution in [3.63, 3.8) is 0 Å². The zero-order chi connectivity index (χ0) is 14.1. The van der Waals surface area contributed by atoms with Crippen LogP contribution in [0.15, 0.2) is 30.3 Å². The average Bonchev–Trinajstić information content (AvgIpc) is 2.40. The normalized spacial score (nSPS) is 14.6. The molecule has 0 aromatic heterocycles. The topological polar surface area (TPSA) is 0 Å². The average molecular weight is 260 g/mol. The van der Waals surface area contributed by atoms with E-state index in [1.54, 1.807) is 0 Å². The molecule has 0 aliphatic carbocycles. The molecular weight excluding hydrogens is 228 g/mol. The van der Waals surface area contributed by atoms with Gasteiger partial charge in [0.2, 0.25) is 0 Å². The molecule has 0 N–H and O–H groups in total. The second-order valence-electron chi connectivity index (χ2n) is 6.29. The van der Waals surface area contributed by atoms with Crippen molar-refractivity contribution in [3.8, 4) is 0 Å². The van der Waals surface area contributed by atoms with Crippen LogP contribution in [0.2, 0.25) is 0 Å². The molecule has 0 aliphatic heterocycles. The maximum atomic E-state index is 2.41. The van der Waals surface area contributed by atoms with Gasteiger partial charge < -0.3 is 0 Å². The molecule has 1 aromatic carbocycles. The molecule has 0 fully saturated rings. The molecule has 108 valence electrons. The second-order valence-corrected chi connectivity index (χ2v) is 6.29. The van der Waals surface area contributed by atoms with E-state index in [9.17, 15) is 0 Å². The summed E-state index contributed by atoms with van der Waals surface area (Å²) in [6, 6.07) is 11.1. The smallest absolute Gasteiger partial charge is 0.0248 e. The van der Waals surface area contributed by atoms with Crippen LogP contribution in [0, 0.1) is 17.8 Å². The van der Waals surface area contributed by atoms with E-state index in [0.29, 0.717) is 0 Å². The zero-order valence-corrected chi connectivity index (χ0v) is 13.4. The van der Waals surface area contributed by atoms with Crippen molar-refractivity contribution in [1.29, 1.82) is 0 Å². The molecule has 2 unspecified atom stereocenters. The van der Waals surface area contributed by atoms with Crippen molar-refractivity contribution >= 4 is 0 Å². The highest BCUT2D eigenvalue weighted by Crippen LogP contribution is 2.32. The van der Waals surface area contributed by atoms with Crippen LogP contribution in [-0.2, 0) is 6.42 Å². The highest BCUT2D eigenvalue weighted by Gasteiger charge is 2.23. The molecule has 1 rings (SSSR count). The summed E-state index contributed by atoms with van der Waals surface area (Å²) in [4.78, 5) is 0. The van der Waals surface area contributed by atoms with Gasteiger partial charge in [0.05, 0.1) is 0 Å². The van der Waals surface area contributed by atoms with E-state index in [2.05, 4.69) is 58.0 Å². The second kappa shape index (κ2) is 9.18. The summed E-state index contributed by atoms with van der Waals surface area (Å²) < 4.78 is 0. The van der Waals surface area contributed by atoms with E-state index in [1.807, 2.05) is 0 Å². The van der Waals surface area contributed by atoms with E-state index < -0.39 is 0 Å². The molecule has 0 bridgehead atoms. The van der Waals surface area contributed by atoms with Crippen LogP contribution in [0.4, 0.5) is 0 Å². The Morgan fingerprint density at radius 3 is 2.11 bits per heavy atom. The molecular formula is C19H32. The fraction of sp³-hybridized carbons (Fsp3) is 0.684. The third-order valence-electron chi connectivity index (χ3n) is 4.35. The lowest BCUT2D eigenvalue weighted by Gasteiger charge is -2.30. The standard InChI is InChI=1S/C19H32/c1-5-7-14-19(16(3)4)18(11-6-2)15-17-12-9-8-10-13-17/h8-10,12-13,16,18-19H,5-7,11,14-15H2,1-4H3. The number of hydrogen-bond donors (Lipinski definition) is 0. The molecule has 0 spiro atoms. The minimum absolute atomic E-state index is 0.812. The summed E-state index contributed by atoms with van der Waals surface area (Å²) >= 11 is 0. The van der Waals surface area contributed by atoms with Crippen LogP contribution in [0.5, 0.6) is 0 Å². The summed E-state index contributed by atoms with van der Waals surface area (Å²) in [7, 11) is 0. The lowest BCUT2D eigenvalue weighted by molar-refractivity contribution is 0.217. The molecule has 0 nitrogen and oxygen atoms in total. The fourth-order valence-corrected chi connectivity index (χ4v) is 3.31. The Morgan fingerprint density at radius 2 is 1.58 bits per heavy atom. The molecule has 0 heteroatoms. The van der Waals surface area contributed by atoms with Crippen molar-refractivity contribution < 1.29 is 0 Å². The van der Waals surface area contributed by atoms with Crippen molar-refractivity contribution in [3.05, 3.63) is 35.9 Å². The number of rotatable bonds is 9. The van der Waals surface area contributed by atoms with Crippen molar-refractivity contribution in [2.45, 2.75) is 66.2 Å². The highest BCUT2D eigenvalue weighted by atomic mass is 14.3. The third kappa shape index (κ3) is 5.80. The van der Waals surface area contributed by atoms with Gasteiger partial charge in [-0.2, -0.15) is 0 Å². The van der Waals surface area contributed by atoms with Gasteiger partial charge in [0.15, 0.2) is 0 Å². The molecule has 0 saturated carbocycles. The van der Waals surface area contributed by atoms with Crippen LogP contribution < -0.4 is 0 Å². The Labute approximate surface area is 120 Å². The molecule has 0 aliphatic rings. The molecule has 19 heavy (non-hydrogen) atoms. The largest absolute Gasteiger partial charge is 0.0654 e. The fourth-order valence-electron chi connectivity index (χ4n) is 3.31. The van der Waals surface area contributed by atoms with E-state index >= 15 is 0 Å². The SMILES string of the molecule is CCCCC(C(C)C)C(CCC)Cc1ccccc1. The summed E-state index contributed by atoms with van der Waals surface area (Å²) in [5, 5.41) is 0. The minimum atomic E-state index is 0.812. The Hall–Kier alpha value is -0.780. The predicted octanol–water partition coefficient (Wildman–Crippen LogP) is 6.11. The van der Waals surface area contributed by atoms with Gasteiger partial charge in [-0.15, -0.1) is 0 Å². The first-order valence-corrected chi connectivity index (χ1v) is 8.22. The van der Waals surface area contributed by atoms with Gasteiger partial charge in [0.25, 0.3) is 0 Å². The van der Waals surface area contributed by atoms with Gasteiger partial charge in [-0.25, -0.2) is 0 Å².